The zero-order valence-corrected chi connectivity index (χ0v) is 16.8. The van der Waals surface area contributed by atoms with Gasteiger partial charge in [-0.2, -0.15) is 0 Å². The van der Waals surface area contributed by atoms with Crippen LogP contribution in [0.1, 0.15) is 24.2 Å². The summed E-state index contributed by atoms with van der Waals surface area (Å²) in [5, 5.41) is 13.7. The van der Waals surface area contributed by atoms with Crippen molar-refractivity contribution in [2.75, 3.05) is 0 Å². The predicted octanol–water partition coefficient (Wildman–Crippen LogP) is 4.79. The summed E-state index contributed by atoms with van der Waals surface area (Å²) in [6.07, 6.45) is 0. The highest BCUT2D eigenvalue weighted by molar-refractivity contribution is 8.00. The summed E-state index contributed by atoms with van der Waals surface area (Å²) in [6, 6.07) is 10.2. The van der Waals surface area contributed by atoms with E-state index < -0.39 is 0 Å². The molecular formula is C17H17N5OS3. The van der Waals surface area contributed by atoms with Crippen molar-refractivity contribution in [3.05, 3.63) is 47.6 Å². The Hall–Kier alpha value is -1.84. The van der Waals surface area contributed by atoms with Gasteiger partial charge in [0.2, 0.25) is 0 Å². The van der Waals surface area contributed by atoms with Gasteiger partial charge in [0.25, 0.3) is 0 Å². The van der Waals surface area contributed by atoms with E-state index in [1.165, 1.54) is 4.70 Å². The molecule has 0 radical (unpaired) electrons. The molecule has 4 rings (SSSR count). The molecule has 0 bridgehead atoms. The molecule has 1 aromatic carbocycles. The second-order valence-corrected chi connectivity index (χ2v) is 8.79. The molecule has 3 aromatic heterocycles. The van der Waals surface area contributed by atoms with Gasteiger partial charge in [-0.15, -0.1) is 21.5 Å². The second kappa shape index (κ2) is 7.81. The fraction of sp³-hybridized carbons (Fsp3) is 0.294. The highest BCUT2D eigenvalue weighted by Crippen LogP contribution is 2.32. The van der Waals surface area contributed by atoms with E-state index in [2.05, 4.69) is 37.9 Å². The van der Waals surface area contributed by atoms with E-state index in [1.807, 2.05) is 31.2 Å². The predicted molar refractivity (Wildman–Crippen MR) is 106 cm³/mol. The van der Waals surface area contributed by atoms with Crippen LogP contribution in [0.15, 0.2) is 44.4 Å². The van der Waals surface area contributed by atoms with E-state index in [9.17, 15) is 0 Å². The molecule has 0 atom stereocenters. The lowest BCUT2D eigenvalue weighted by molar-refractivity contribution is 0.393. The molecular weight excluding hydrogens is 386 g/mol. The third-order valence-electron chi connectivity index (χ3n) is 3.73. The van der Waals surface area contributed by atoms with Crippen molar-refractivity contribution in [2.45, 2.75) is 41.4 Å². The number of fused-ring (bicyclic) bond motifs is 1. The first kappa shape index (κ1) is 17.6. The monoisotopic (exact) mass is 403 g/mol. The number of nitrogens with zero attached hydrogens (tertiary/aromatic N) is 5. The molecule has 0 fully saturated rings. The molecule has 9 heteroatoms. The van der Waals surface area contributed by atoms with Crippen molar-refractivity contribution in [3.8, 4) is 0 Å². The van der Waals surface area contributed by atoms with Crippen LogP contribution in [0.2, 0.25) is 0 Å². The van der Waals surface area contributed by atoms with Crippen LogP contribution in [-0.2, 0) is 18.1 Å². The number of thioether (sulfide) groups is 2. The van der Waals surface area contributed by atoms with Gasteiger partial charge < -0.3 is 9.09 Å². The summed E-state index contributed by atoms with van der Waals surface area (Å²) in [5.74, 6) is 3.27. The van der Waals surface area contributed by atoms with Crippen LogP contribution in [0.25, 0.3) is 10.2 Å². The molecule has 3 heterocycles. The lowest BCUT2D eigenvalue weighted by Crippen LogP contribution is -2.02. The Kier molecular flexibility index (Phi) is 5.28. The molecule has 26 heavy (non-hydrogen) atoms. The lowest BCUT2D eigenvalue weighted by atomic mass is 10.3. The molecule has 134 valence electrons. The number of aromatic nitrogens is 5. The van der Waals surface area contributed by atoms with Crippen LogP contribution in [0, 0.1) is 6.92 Å². The minimum atomic E-state index is 0.723. The zero-order chi connectivity index (χ0) is 17.9. The molecule has 6 nitrogen and oxygen atoms in total. The number of aryl methyl sites for hydroxylation is 1. The van der Waals surface area contributed by atoms with Gasteiger partial charge in [-0.3, -0.25) is 0 Å². The van der Waals surface area contributed by atoms with E-state index in [4.69, 9.17) is 4.52 Å². The highest BCUT2D eigenvalue weighted by atomic mass is 32.2. The minimum absolute atomic E-state index is 0.723. The minimum Gasteiger partial charge on any atom is -0.361 e. The summed E-state index contributed by atoms with van der Waals surface area (Å²) in [5.41, 5.74) is 1.97. The van der Waals surface area contributed by atoms with Crippen LogP contribution in [0.4, 0.5) is 0 Å². The number of hydrogen-bond donors (Lipinski definition) is 0. The van der Waals surface area contributed by atoms with Gasteiger partial charge in [-0.25, -0.2) is 4.98 Å². The molecule has 0 saturated heterocycles. The Labute approximate surface area is 163 Å². The van der Waals surface area contributed by atoms with Crippen molar-refractivity contribution in [1.82, 2.24) is 24.9 Å². The third-order valence-corrected chi connectivity index (χ3v) is 6.91. The van der Waals surface area contributed by atoms with E-state index in [0.717, 1.165) is 50.3 Å². The number of para-hydroxylation sites is 1. The average molecular weight is 404 g/mol. The fourth-order valence-electron chi connectivity index (χ4n) is 2.51. The molecule has 0 unspecified atom stereocenters. The first-order chi connectivity index (χ1) is 12.7. The number of rotatable bonds is 7. The summed E-state index contributed by atoms with van der Waals surface area (Å²) in [6.45, 7) is 4.84. The molecule has 0 aliphatic heterocycles. The first-order valence-corrected chi connectivity index (χ1v) is 11.0. The van der Waals surface area contributed by atoms with Gasteiger partial charge >= 0.3 is 0 Å². The van der Waals surface area contributed by atoms with Crippen LogP contribution >= 0.6 is 34.9 Å². The maximum absolute atomic E-state index is 5.11. The Morgan fingerprint density at radius 3 is 2.81 bits per heavy atom. The largest absolute Gasteiger partial charge is 0.361 e. The summed E-state index contributed by atoms with van der Waals surface area (Å²) in [4.78, 5) is 4.67. The fourth-order valence-corrected chi connectivity index (χ4v) is 5.42. The van der Waals surface area contributed by atoms with Crippen molar-refractivity contribution >= 4 is 45.1 Å². The zero-order valence-electron chi connectivity index (χ0n) is 14.4. The van der Waals surface area contributed by atoms with E-state index in [0.29, 0.717) is 0 Å². The quantitative estimate of drug-likeness (QED) is 0.411. The van der Waals surface area contributed by atoms with Crippen LogP contribution in [-0.4, -0.2) is 24.9 Å². The third kappa shape index (κ3) is 3.79. The lowest BCUT2D eigenvalue weighted by Gasteiger charge is -2.05. The van der Waals surface area contributed by atoms with Crippen molar-refractivity contribution in [3.63, 3.8) is 0 Å². The average Bonchev–Trinajstić information content (AvgIpc) is 3.35. The number of benzene rings is 1. The summed E-state index contributed by atoms with van der Waals surface area (Å²) in [7, 11) is 0. The topological polar surface area (TPSA) is 69.6 Å². The normalized spacial score (nSPS) is 11.5. The molecule has 0 aliphatic carbocycles. The number of thiazole rings is 1. The van der Waals surface area contributed by atoms with Crippen LogP contribution in [0.3, 0.4) is 0 Å². The van der Waals surface area contributed by atoms with E-state index >= 15 is 0 Å². The maximum atomic E-state index is 5.11. The Morgan fingerprint density at radius 1 is 1.15 bits per heavy atom. The number of hydrogen-bond acceptors (Lipinski definition) is 8. The van der Waals surface area contributed by atoms with Gasteiger partial charge in [0.15, 0.2) is 9.50 Å². The highest BCUT2D eigenvalue weighted by Gasteiger charge is 2.14. The maximum Gasteiger partial charge on any atom is 0.191 e. The van der Waals surface area contributed by atoms with Crippen LogP contribution < -0.4 is 0 Å². The smallest absolute Gasteiger partial charge is 0.191 e. The Balaban J connectivity index is 1.43. The summed E-state index contributed by atoms with van der Waals surface area (Å²) >= 11 is 5.05. The molecule has 4 aromatic rings. The Morgan fingerprint density at radius 2 is 2.04 bits per heavy atom. The molecule has 0 aliphatic rings. The van der Waals surface area contributed by atoms with Crippen LogP contribution in [0.5, 0.6) is 0 Å². The van der Waals surface area contributed by atoms with Gasteiger partial charge in [0.05, 0.1) is 21.7 Å². The van der Waals surface area contributed by atoms with Crippen molar-refractivity contribution in [1.29, 1.82) is 0 Å². The van der Waals surface area contributed by atoms with E-state index in [1.54, 1.807) is 34.9 Å². The first-order valence-electron chi connectivity index (χ1n) is 8.18. The van der Waals surface area contributed by atoms with Crippen molar-refractivity contribution in [2.24, 2.45) is 0 Å². The SMILES string of the molecule is CCn1c(CSc2nc3ccccc3s2)nnc1SCc1cc(C)on1. The second-order valence-electron chi connectivity index (χ2n) is 5.60. The molecule has 0 saturated carbocycles. The van der Waals surface area contributed by atoms with Gasteiger partial charge in [0, 0.05) is 18.4 Å². The molecule has 0 amide bonds. The van der Waals surface area contributed by atoms with Crippen molar-refractivity contribution < 1.29 is 4.52 Å². The molecule has 0 spiro atoms. The molecule has 0 N–H and O–H groups in total. The Bertz CT molecular complexity index is 989. The standard InChI is InChI=1S/C17H17N5OS3/c1-3-22-15(10-25-17-18-13-6-4-5-7-14(13)26-17)19-20-16(22)24-9-12-8-11(2)23-21-12/h4-8H,3,9-10H2,1-2H3. The van der Waals surface area contributed by atoms with E-state index in [-0.39, 0.29) is 0 Å². The van der Waals surface area contributed by atoms with Gasteiger partial charge in [-0.05, 0) is 26.0 Å². The van der Waals surface area contributed by atoms with Gasteiger partial charge in [-0.1, -0.05) is 40.8 Å². The summed E-state index contributed by atoms with van der Waals surface area (Å²) < 4.78 is 9.54. The van der Waals surface area contributed by atoms with Gasteiger partial charge in [0.1, 0.15) is 11.6 Å².